The second kappa shape index (κ2) is 13.9. The second-order valence-corrected chi connectivity index (χ2v) is 12.1. The third-order valence-corrected chi connectivity index (χ3v) is 9.04. The molecule has 0 unspecified atom stereocenters. The summed E-state index contributed by atoms with van der Waals surface area (Å²) in [5, 5.41) is 22.6. The van der Waals surface area contributed by atoms with Gasteiger partial charge in [-0.3, -0.25) is 5.32 Å². The SMILES string of the molecule is COC(=O)Nc1nc2ccc(Sc3ccccc3)cc2[nH]1.COC(=O)c1c(C)c2c(c(C)c1O)OC(=O)c1c(C)c(Cl)c(O)c(Cl)c1O2. The van der Waals surface area contributed by atoms with Crippen molar-refractivity contribution in [2.45, 2.75) is 30.6 Å². The van der Waals surface area contributed by atoms with Crippen molar-refractivity contribution < 1.29 is 43.5 Å². The van der Waals surface area contributed by atoms with E-state index in [1.807, 2.05) is 36.4 Å². The van der Waals surface area contributed by atoms with Gasteiger partial charge in [0.15, 0.2) is 23.0 Å². The molecule has 4 aromatic carbocycles. The molecule has 15 heteroatoms. The number of nitrogens with one attached hydrogen (secondary N) is 2. The standard InChI is InChI=1S/C18H14Cl2O7.C15H13N3O2S/c1-5-9-16(11(20)13(22)10(5)19)26-14-6(2)8(17(23)25-4)12(21)7(3)15(14)27-18(9)24;1-20-15(19)18-14-16-12-8-7-11(9-13(12)17-14)21-10-5-3-2-4-6-10/h21-22H,1-4H3;2-9H,1H3,(H2,16,17,18,19). The van der Waals surface area contributed by atoms with Crippen LogP contribution in [0.15, 0.2) is 58.3 Å². The third-order valence-electron chi connectivity index (χ3n) is 7.23. The van der Waals surface area contributed by atoms with Crippen LogP contribution in [0.3, 0.4) is 0 Å². The van der Waals surface area contributed by atoms with Gasteiger partial charge in [0.1, 0.15) is 21.9 Å². The zero-order chi connectivity index (χ0) is 34.9. The fourth-order valence-electron chi connectivity index (χ4n) is 4.77. The van der Waals surface area contributed by atoms with E-state index in [4.69, 9.17) is 37.4 Å². The van der Waals surface area contributed by atoms with Crippen LogP contribution in [-0.2, 0) is 9.47 Å². The number of phenols is 2. The van der Waals surface area contributed by atoms with Crippen LogP contribution in [-0.4, -0.2) is 52.4 Å². The number of rotatable bonds is 4. The predicted molar refractivity (Wildman–Crippen MR) is 180 cm³/mol. The number of carbonyl (C=O) groups is 3. The number of aromatic amines is 1. The summed E-state index contributed by atoms with van der Waals surface area (Å²) in [6, 6.07) is 16.1. The number of fused-ring (bicyclic) bond motifs is 3. The minimum absolute atomic E-state index is 0.0131. The number of hydrogen-bond acceptors (Lipinski definition) is 11. The molecule has 12 nitrogen and oxygen atoms in total. The van der Waals surface area contributed by atoms with E-state index < -0.39 is 29.5 Å². The van der Waals surface area contributed by atoms with E-state index >= 15 is 0 Å². The van der Waals surface area contributed by atoms with Gasteiger partial charge in [0.25, 0.3) is 0 Å². The highest BCUT2D eigenvalue weighted by atomic mass is 35.5. The summed E-state index contributed by atoms with van der Waals surface area (Å²) < 4.78 is 20.4. The molecular formula is C33H27Cl2N3O9S. The van der Waals surface area contributed by atoms with Gasteiger partial charge in [-0.1, -0.05) is 53.2 Å². The van der Waals surface area contributed by atoms with Crippen LogP contribution in [0.1, 0.15) is 37.4 Å². The van der Waals surface area contributed by atoms with E-state index in [0.29, 0.717) is 5.95 Å². The Kier molecular flexibility index (Phi) is 9.94. The maximum atomic E-state index is 12.7. The van der Waals surface area contributed by atoms with Crippen molar-refractivity contribution in [2.75, 3.05) is 19.5 Å². The highest BCUT2D eigenvalue weighted by molar-refractivity contribution is 7.99. The molecule has 4 N–H and O–H groups in total. The molecule has 0 spiro atoms. The molecule has 1 aliphatic rings. The van der Waals surface area contributed by atoms with Crippen LogP contribution in [0.5, 0.6) is 28.7 Å². The fraction of sp³-hybridized carbons (Fsp3) is 0.152. The number of methoxy groups -OCH3 is 2. The number of nitrogens with zero attached hydrogens (tertiary/aromatic N) is 1. The molecule has 0 atom stereocenters. The average molecular weight is 713 g/mol. The third kappa shape index (κ3) is 6.52. The molecule has 5 aromatic rings. The van der Waals surface area contributed by atoms with E-state index in [-0.39, 0.29) is 55.1 Å². The van der Waals surface area contributed by atoms with Gasteiger partial charge in [0.05, 0.1) is 30.3 Å². The molecule has 0 saturated heterocycles. The molecule has 0 aliphatic carbocycles. The van der Waals surface area contributed by atoms with Crippen molar-refractivity contribution in [1.29, 1.82) is 0 Å². The van der Waals surface area contributed by atoms with Crippen LogP contribution in [0.2, 0.25) is 10.0 Å². The van der Waals surface area contributed by atoms with Crippen molar-refractivity contribution in [3.63, 3.8) is 0 Å². The summed E-state index contributed by atoms with van der Waals surface area (Å²) >= 11 is 13.8. The van der Waals surface area contributed by atoms with Crippen molar-refractivity contribution >= 4 is 70.0 Å². The number of amides is 1. The monoisotopic (exact) mass is 711 g/mol. The normalized spacial score (nSPS) is 11.6. The summed E-state index contributed by atoms with van der Waals surface area (Å²) in [7, 11) is 2.48. The van der Waals surface area contributed by atoms with Crippen LogP contribution >= 0.6 is 35.0 Å². The number of benzene rings is 4. The predicted octanol–water partition coefficient (Wildman–Crippen LogP) is 8.33. The number of H-pyrrole nitrogens is 1. The fourth-order valence-corrected chi connectivity index (χ4v) is 6.11. The molecule has 48 heavy (non-hydrogen) atoms. The summed E-state index contributed by atoms with van der Waals surface area (Å²) in [5.41, 5.74) is 1.92. The van der Waals surface area contributed by atoms with Crippen molar-refractivity contribution in [3.8, 4) is 28.7 Å². The van der Waals surface area contributed by atoms with Gasteiger partial charge >= 0.3 is 18.0 Å². The van der Waals surface area contributed by atoms with Gasteiger partial charge in [-0.25, -0.2) is 19.4 Å². The second-order valence-electron chi connectivity index (χ2n) is 10.2. The van der Waals surface area contributed by atoms with E-state index in [2.05, 4.69) is 32.2 Å². The van der Waals surface area contributed by atoms with E-state index in [1.165, 1.54) is 39.9 Å². The number of aromatic nitrogens is 2. The Morgan fingerprint density at radius 2 is 1.54 bits per heavy atom. The topological polar surface area (TPSA) is 169 Å². The summed E-state index contributed by atoms with van der Waals surface area (Å²) in [6.45, 7) is 4.43. The number of aromatic hydroxyl groups is 2. The van der Waals surface area contributed by atoms with Gasteiger partial charge < -0.3 is 34.1 Å². The first-order valence-corrected chi connectivity index (χ1v) is 15.6. The van der Waals surface area contributed by atoms with Crippen LogP contribution < -0.4 is 14.8 Å². The first-order valence-electron chi connectivity index (χ1n) is 14.0. The summed E-state index contributed by atoms with van der Waals surface area (Å²) in [6.07, 6.45) is -0.548. The van der Waals surface area contributed by atoms with E-state index in [9.17, 15) is 24.6 Å². The molecular weight excluding hydrogens is 685 g/mol. The number of anilines is 1. The molecule has 0 bridgehead atoms. The molecule has 6 rings (SSSR count). The first kappa shape index (κ1) is 34.2. The summed E-state index contributed by atoms with van der Waals surface area (Å²) in [5.74, 6) is -2.36. The lowest BCUT2D eigenvalue weighted by Crippen LogP contribution is -2.11. The Morgan fingerprint density at radius 3 is 2.21 bits per heavy atom. The van der Waals surface area contributed by atoms with Crippen LogP contribution in [0.25, 0.3) is 11.0 Å². The minimum Gasteiger partial charge on any atom is -0.507 e. The quantitative estimate of drug-likeness (QED) is 0.104. The maximum absolute atomic E-state index is 12.7. The number of phenolic OH excluding ortho intramolecular Hbond substituents is 2. The van der Waals surface area contributed by atoms with Gasteiger partial charge in [-0.2, -0.15) is 0 Å². The highest BCUT2D eigenvalue weighted by Gasteiger charge is 2.35. The number of imidazole rings is 1. The smallest absolute Gasteiger partial charge is 0.413 e. The number of ether oxygens (including phenoxy) is 4. The van der Waals surface area contributed by atoms with Crippen molar-refractivity contribution in [2.24, 2.45) is 0 Å². The zero-order valence-corrected chi connectivity index (χ0v) is 28.3. The molecule has 0 radical (unpaired) electrons. The Labute approximate surface area is 287 Å². The largest absolute Gasteiger partial charge is 0.507 e. The lowest BCUT2D eigenvalue weighted by atomic mass is 10.0. The minimum atomic E-state index is -0.835. The van der Waals surface area contributed by atoms with Crippen LogP contribution in [0, 0.1) is 20.8 Å². The number of hydrogen-bond donors (Lipinski definition) is 4. The van der Waals surface area contributed by atoms with Gasteiger partial charge in [-0.15, -0.1) is 0 Å². The molecule has 248 valence electrons. The first-order chi connectivity index (χ1) is 22.9. The Balaban J connectivity index is 0.000000194. The Bertz CT molecular complexity index is 2100. The lowest BCUT2D eigenvalue weighted by Gasteiger charge is -2.17. The molecule has 1 aromatic heterocycles. The molecule has 1 amide bonds. The van der Waals surface area contributed by atoms with E-state index in [1.54, 1.807) is 11.8 Å². The Hall–Kier alpha value is -5.11. The summed E-state index contributed by atoms with van der Waals surface area (Å²) in [4.78, 5) is 45.5. The Morgan fingerprint density at radius 1 is 0.854 bits per heavy atom. The number of halogens is 2. The zero-order valence-electron chi connectivity index (χ0n) is 26.0. The van der Waals surface area contributed by atoms with Crippen molar-refractivity contribution in [1.82, 2.24) is 9.97 Å². The highest BCUT2D eigenvalue weighted by Crippen LogP contribution is 2.52. The lowest BCUT2D eigenvalue weighted by molar-refractivity contribution is 0.0595. The average Bonchev–Trinajstić information content (AvgIpc) is 3.40. The molecule has 0 saturated carbocycles. The van der Waals surface area contributed by atoms with Crippen molar-refractivity contribution in [3.05, 3.63) is 86.4 Å². The van der Waals surface area contributed by atoms with E-state index in [0.717, 1.165) is 15.9 Å². The van der Waals surface area contributed by atoms with Gasteiger partial charge in [0, 0.05) is 20.9 Å². The van der Waals surface area contributed by atoms with Gasteiger partial charge in [-0.05, 0) is 56.7 Å². The van der Waals surface area contributed by atoms with Crippen LogP contribution in [0.4, 0.5) is 10.7 Å². The number of esters is 2. The molecule has 1 aliphatic heterocycles. The maximum Gasteiger partial charge on any atom is 0.413 e. The number of carbonyl (C=O) groups excluding carboxylic acids is 3. The van der Waals surface area contributed by atoms with Gasteiger partial charge in [0.2, 0.25) is 5.95 Å². The molecule has 2 heterocycles. The molecule has 0 fully saturated rings.